The van der Waals surface area contributed by atoms with Gasteiger partial charge in [-0.25, -0.2) is 4.98 Å². The lowest BCUT2D eigenvalue weighted by Gasteiger charge is -2.20. The van der Waals surface area contributed by atoms with Crippen molar-refractivity contribution in [3.05, 3.63) is 164 Å². The summed E-state index contributed by atoms with van der Waals surface area (Å²) in [6, 6.07) is 56.1. The maximum absolute atomic E-state index is 14.9. The van der Waals surface area contributed by atoms with Crippen molar-refractivity contribution < 1.29 is 4.57 Å². The highest BCUT2D eigenvalue weighted by atomic mass is 31.2. The minimum Gasteiger partial charge on any atom is -0.309 e. The number of pyridine rings is 1. The van der Waals surface area contributed by atoms with Crippen LogP contribution in [-0.2, 0) is 4.57 Å². The van der Waals surface area contributed by atoms with Gasteiger partial charge in [0.2, 0.25) is 0 Å². The first-order chi connectivity index (χ1) is 22.2. The Morgan fingerprint density at radius 3 is 1.69 bits per heavy atom. The van der Waals surface area contributed by atoms with Gasteiger partial charge >= 0.3 is 0 Å². The van der Waals surface area contributed by atoms with Crippen molar-refractivity contribution in [3.8, 4) is 11.1 Å². The summed E-state index contributed by atoms with van der Waals surface area (Å²) in [5.41, 5.74) is 6.32. The lowest BCUT2D eigenvalue weighted by atomic mass is 9.98. The smallest absolute Gasteiger partial charge is 0.171 e. The molecule has 0 bridgehead atoms. The van der Waals surface area contributed by atoms with Crippen LogP contribution in [0.25, 0.3) is 60.3 Å². The number of hydrogen-bond donors (Lipinski definition) is 0. The quantitative estimate of drug-likeness (QED) is 0.116. The van der Waals surface area contributed by atoms with Gasteiger partial charge in [0, 0.05) is 26.7 Å². The molecular formula is C41H27N2OP. The minimum atomic E-state index is -3.04. The fourth-order valence-corrected chi connectivity index (χ4v) is 9.46. The third kappa shape index (κ3) is 3.98. The molecule has 0 radical (unpaired) electrons. The second-order valence-electron chi connectivity index (χ2n) is 11.6. The average molecular weight is 595 g/mol. The molecule has 7 aromatic carbocycles. The summed E-state index contributed by atoms with van der Waals surface area (Å²) >= 11 is 0. The number of rotatable bonds is 4. The summed E-state index contributed by atoms with van der Waals surface area (Å²) in [4.78, 5) is 5.13. The number of aromatic nitrogens is 2. The molecule has 3 nitrogen and oxygen atoms in total. The van der Waals surface area contributed by atoms with E-state index in [1.807, 2.05) is 78.9 Å². The van der Waals surface area contributed by atoms with Crippen LogP contribution in [0, 0.1) is 0 Å². The third-order valence-corrected chi connectivity index (χ3v) is 12.1. The van der Waals surface area contributed by atoms with E-state index in [-0.39, 0.29) is 0 Å². The van der Waals surface area contributed by atoms with Gasteiger partial charge in [0.15, 0.2) is 7.14 Å². The standard InChI is InChI=1S/C41H27N2OP/c44-45(32-13-3-1-4-14-32,33-15-5-2-6-16-33)34-22-19-28(20-23-34)31-21-24-35-36-25-29-11-7-8-12-30(29)26-37(36)41-42-38-17-9-10-18-39(38)43(41)40(35)27-31/h1-27H. The van der Waals surface area contributed by atoms with Crippen molar-refractivity contribution in [1.29, 1.82) is 0 Å². The zero-order chi connectivity index (χ0) is 30.0. The topological polar surface area (TPSA) is 34.4 Å². The van der Waals surface area contributed by atoms with Gasteiger partial charge in [-0.1, -0.05) is 133 Å². The number of benzene rings is 7. The predicted molar refractivity (Wildman–Crippen MR) is 190 cm³/mol. The van der Waals surface area contributed by atoms with Crippen molar-refractivity contribution in [1.82, 2.24) is 9.38 Å². The molecular weight excluding hydrogens is 567 g/mol. The Hall–Kier alpha value is -5.50. The Labute approximate surface area is 260 Å². The molecule has 2 heterocycles. The highest BCUT2D eigenvalue weighted by molar-refractivity contribution is 7.85. The van der Waals surface area contributed by atoms with Gasteiger partial charge < -0.3 is 4.57 Å². The van der Waals surface area contributed by atoms with Gasteiger partial charge in [-0.15, -0.1) is 0 Å². The van der Waals surface area contributed by atoms with E-state index in [0.29, 0.717) is 0 Å². The molecule has 4 heteroatoms. The van der Waals surface area contributed by atoms with Gasteiger partial charge in [0.05, 0.1) is 16.6 Å². The third-order valence-electron chi connectivity index (χ3n) is 9.02. The Balaban J connectivity index is 1.26. The SMILES string of the molecule is O=P(c1ccccc1)(c1ccccc1)c1ccc(-c2ccc3c4cc5ccccc5cc4c4nc5ccccc5n4c3c2)cc1. The van der Waals surface area contributed by atoms with Crippen molar-refractivity contribution in [2.24, 2.45) is 0 Å². The van der Waals surface area contributed by atoms with Gasteiger partial charge in [-0.2, -0.15) is 0 Å². The van der Waals surface area contributed by atoms with Crippen LogP contribution in [0.1, 0.15) is 0 Å². The number of imidazole rings is 1. The zero-order valence-electron chi connectivity index (χ0n) is 24.3. The molecule has 0 fully saturated rings. The summed E-state index contributed by atoms with van der Waals surface area (Å²) in [7, 11) is -3.04. The Morgan fingerprint density at radius 2 is 1.00 bits per heavy atom. The van der Waals surface area contributed by atoms with Crippen LogP contribution in [0.2, 0.25) is 0 Å². The van der Waals surface area contributed by atoms with Crippen LogP contribution in [-0.4, -0.2) is 9.38 Å². The van der Waals surface area contributed by atoms with E-state index in [4.69, 9.17) is 4.98 Å². The first-order valence-electron chi connectivity index (χ1n) is 15.2. The Bertz CT molecular complexity index is 2560. The summed E-state index contributed by atoms with van der Waals surface area (Å²) in [6.07, 6.45) is 0. The summed E-state index contributed by atoms with van der Waals surface area (Å²) in [6.45, 7) is 0. The maximum Gasteiger partial charge on any atom is 0.171 e. The van der Waals surface area contributed by atoms with Gasteiger partial charge in [-0.3, -0.25) is 4.40 Å². The molecule has 45 heavy (non-hydrogen) atoms. The van der Waals surface area contributed by atoms with E-state index in [9.17, 15) is 4.57 Å². The maximum atomic E-state index is 14.9. The van der Waals surface area contributed by atoms with Crippen molar-refractivity contribution in [2.45, 2.75) is 0 Å². The van der Waals surface area contributed by atoms with E-state index in [2.05, 4.69) is 89.3 Å². The molecule has 0 atom stereocenters. The van der Waals surface area contributed by atoms with E-state index < -0.39 is 7.14 Å². The molecule has 0 spiro atoms. The molecule has 9 rings (SSSR count). The van der Waals surface area contributed by atoms with Crippen LogP contribution in [0.3, 0.4) is 0 Å². The molecule has 2 aromatic heterocycles. The lowest BCUT2D eigenvalue weighted by Crippen LogP contribution is -2.24. The summed E-state index contributed by atoms with van der Waals surface area (Å²) in [5, 5.41) is 8.44. The van der Waals surface area contributed by atoms with E-state index in [1.54, 1.807) is 0 Å². The van der Waals surface area contributed by atoms with Crippen LogP contribution in [0.15, 0.2) is 164 Å². The minimum absolute atomic E-state index is 0.824. The lowest BCUT2D eigenvalue weighted by molar-refractivity contribution is 0.592. The number of fused-ring (bicyclic) bond motifs is 9. The normalized spacial score (nSPS) is 12.1. The fraction of sp³-hybridized carbons (Fsp3) is 0. The second-order valence-corrected chi connectivity index (χ2v) is 14.3. The molecule has 212 valence electrons. The first kappa shape index (κ1) is 25.9. The Kier molecular flexibility index (Phi) is 5.78. The number of para-hydroxylation sites is 2. The fourth-order valence-electron chi connectivity index (χ4n) is 6.81. The molecule has 0 aliphatic carbocycles. The molecule has 0 saturated heterocycles. The predicted octanol–water partition coefficient (Wildman–Crippen LogP) is 9.25. The first-order valence-corrected chi connectivity index (χ1v) is 16.9. The van der Waals surface area contributed by atoms with Gasteiger partial charge in [0.1, 0.15) is 5.65 Å². The highest BCUT2D eigenvalue weighted by Crippen LogP contribution is 2.43. The molecule has 0 N–H and O–H groups in total. The zero-order valence-corrected chi connectivity index (χ0v) is 25.2. The second kappa shape index (κ2) is 10.0. The summed E-state index contributed by atoms with van der Waals surface area (Å²) in [5.74, 6) is 0. The molecule has 0 amide bonds. The highest BCUT2D eigenvalue weighted by Gasteiger charge is 2.29. The van der Waals surface area contributed by atoms with Crippen molar-refractivity contribution in [3.63, 3.8) is 0 Å². The van der Waals surface area contributed by atoms with Crippen molar-refractivity contribution >= 4 is 72.2 Å². The van der Waals surface area contributed by atoms with E-state index in [1.165, 1.54) is 21.5 Å². The number of hydrogen-bond acceptors (Lipinski definition) is 2. The van der Waals surface area contributed by atoms with E-state index in [0.717, 1.165) is 54.6 Å². The average Bonchev–Trinajstić information content (AvgIpc) is 3.51. The van der Waals surface area contributed by atoms with Crippen LogP contribution < -0.4 is 15.9 Å². The summed E-state index contributed by atoms with van der Waals surface area (Å²) < 4.78 is 17.2. The van der Waals surface area contributed by atoms with Gasteiger partial charge in [-0.05, 0) is 57.6 Å². The largest absolute Gasteiger partial charge is 0.309 e. The van der Waals surface area contributed by atoms with E-state index >= 15 is 0 Å². The Morgan fingerprint density at radius 1 is 0.444 bits per heavy atom. The molecule has 0 aliphatic heterocycles. The molecule has 0 aliphatic rings. The molecule has 0 saturated carbocycles. The van der Waals surface area contributed by atoms with Gasteiger partial charge in [0.25, 0.3) is 0 Å². The van der Waals surface area contributed by atoms with Crippen LogP contribution in [0.5, 0.6) is 0 Å². The molecule has 9 aromatic rings. The number of nitrogens with zero attached hydrogens (tertiary/aromatic N) is 2. The van der Waals surface area contributed by atoms with Crippen LogP contribution in [0.4, 0.5) is 0 Å². The monoisotopic (exact) mass is 594 g/mol. The van der Waals surface area contributed by atoms with Crippen LogP contribution >= 0.6 is 7.14 Å². The van der Waals surface area contributed by atoms with Crippen molar-refractivity contribution in [2.75, 3.05) is 0 Å². The molecule has 0 unspecified atom stereocenters.